The topological polar surface area (TPSA) is 50.4 Å². The third-order valence-corrected chi connectivity index (χ3v) is 3.80. The van der Waals surface area contributed by atoms with Crippen molar-refractivity contribution in [1.29, 1.82) is 0 Å². The Balaban J connectivity index is 1.56. The third kappa shape index (κ3) is 3.14. The van der Waals surface area contributed by atoms with Crippen molar-refractivity contribution in [3.63, 3.8) is 0 Å². The Hall–Kier alpha value is -1.39. The number of aryl methyl sites for hydroxylation is 2. The molecule has 1 atom stereocenters. The van der Waals surface area contributed by atoms with Gasteiger partial charge >= 0.3 is 0 Å². The first kappa shape index (κ1) is 12.6. The van der Waals surface area contributed by atoms with Crippen LogP contribution in [0, 0.1) is 0 Å². The predicted molar refractivity (Wildman–Crippen MR) is 74.3 cm³/mol. The van der Waals surface area contributed by atoms with Gasteiger partial charge in [-0.1, -0.05) is 6.07 Å². The largest absolute Gasteiger partial charge is 0.375 e. The summed E-state index contributed by atoms with van der Waals surface area (Å²) in [5, 5.41) is 6.21. The smallest absolute Gasteiger partial charge is 0.227 e. The molecule has 102 valence electrons. The van der Waals surface area contributed by atoms with Crippen molar-refractivity contribution < 1.29 is 9.53 Å². The maximum absolute atomic E-state index is 12.0. The number of benzene rings is 1. The van der Waals surface area contributed by atoms with E-state index >= 15 is 0 Å². The Morgan fingerprint density at radius 1 is 1.37 bits per heavy atom. The lowest BCUT2D eigenvalue weighted by atomic mass is 10.1. The van der Waals surface area contributed by atoms with Crippen molar-refractivity contribution in [3.8, 4) is 0 Å². The van der Waals surface area contributed by atoms with Crippen LogP contribution in [0.15, 0.2) is 18.2 Å². The standard InChI is InChI=1S/C15H20N2O2/c18-15(9-14-10-16-6-7-19-14)17-13-5-4-11-2-1-3-12(11)8-13/h4-5,8,14,16H,1-3,6-7,9-10H2,(H,17,18). The van der Waals surface area contributed by atoms with E-state index in [-0.39, 0.29) is 12.0 Å². The van der Waals surface area contributed by atoms with Crippen molar-refractivity contribution in [2.24, 2.45) is 0 Å². The highest BCUT2D eigenvalue weighted by Gasteiger charge is 2.18. The lowest BCUT2D eigenvalue weighted by Gasteiger charge is -2.23. The number of amides is 1. The quantitative estimate of drug-likeness (QED) is 0.866. The number of anilines is 1. The zero-order valence-electron chi connectivity index (χ0n) is 11.1. The van der Waals surface area contributed by atoms with Crippen LogP contribution in [-0.4, -0.2) is 31.7 Å². The number of hydrogen-bond acceptors (Lipinski definition) is 3. The molecular formula is C15H20N2O2. The molecule has 4 heteroatoms. The molecule has 1 saturated heterocycles. The molecule has 3 rings (SSSR count). The number of rotatable bonds is 3. The molecule has 2 aliphatic rings. The van der Waals surface area contributed by atoms with Crippen molar-refractivity contribution in [2.75, 3.05) is 25.0 Å². The molecule has 1 aliphatic carbocycles. The van der Waals surface area contributed by atoms with E-state index in [4.69, 9.17) is 4.74 Å². The molecule has 1 fully saturated rings. The highest BCUT2D eigenvalue weighted by atomic mass is 16.5. The number of carbonyl (C=O) groups is 1. The molecular weight excluding hydrogens is 240 g/mol. The molecule has 19 heavy (non-hydrogen) atoms. The van der Waals surface area contributed by atoms with E-state index in [2.05, 4.69) is 22.8 Å². The fourth-order valence-corrected chi connectivity index (χ4v) is 2.82. The van der Waals surface area contributed by atoms with Gasteiger partial charge in [0.15, 0.2) is 0 Å². The van der Waals surface area contributed by atoms with Crippen LogP contribution < -0.4 is 10.6 Å². The summed E-state index contributed by atoms with van der Waals surface area (Å²) in [5.41, 5.74) is 3.72. The molecule has 1 aliphatic heterocycles. The molecule has 1 heterocycles. The van der Waals surface area contributed by atoms with Gasteiger partial charge in [0.25, 0.3) is 0 Å². The van der Waals surface area contributed by atoms with Gasteiger partial charge in [0.05, 0.1) is 19.1 Å². The number of fused-ring (bicyclic) bond motifs is 1. The van der Waals surface area contributed by atoms with Gasteiger partial charge < -0.3 is 15.4 Å². The first-order chi connectivity index (χ1) is 9.31. The minimum atomic E-state index is 0.00294. The summed E-state index contributed by atoms with van der Waals surface area (Å²) in [6.45, 7) is 2.33. The Bertz CT molecular complexity index is 467. The van der Waals surface area contributed by atoms with Crippen LogP contribution in [-0.2, 0) is 22.4 Å². The Morgan fingerprint density at radius 3 is 3.11 bits per heavy atom. The molecule has 0 bridgehead atoms. The van der Waals surface area contributed by atoms with E-state index in [1.807, 2.05) is 6.07 Å². The zero-order valence-corrected chi connectivity index (χ0v) is 11.1. The van der Waals surface area contributed by atoms with Gasteiger partial charge in [-0.15, -0.1) is 0 Å². The normalized spacial score (nSPS) is 22.0. The second-order valence-corrected chi connectivity index (χ2v) is 5.29. The zero-order chi connectivity index (χ0) is 13.1. The predicted octanol–water partition coefficient (Wildman–Crippen LogP) is 1.49. The van der Waals surface area contributed by atoms with E-state index in [1.165, 1.54) is 24.0 Å². The summed E-state index contributed by atoms with van der Waals surface area (Å²) < 4.78 is 5.54. The average molecular weight is 260 g/mol. The van der Waals surface area contributed by atoms with E-state index in [0.717, 1.165) is 25.2 Å². The monoisotopic (exact) mass is 260 g/mol. The van der Waals surface area contributed by atoms with E-state index in [0.29, 0.717) is 13.0 Å². The molecule has 0 radical (unpaired) electrons. The summed E-state index contributed by atoms with van der Waals surface area (Å²) in [5.74, 6) is 0.0339. The van der Waals surface area contributed by atoms with Crippen LogP contribution in [0.1, 0.15) is 24.0 Å². The lowest BCUT2D eigenvalue weighted by molar-refractivity contribution is -0.119. The van der Waals surface area contributed by atoms with Gasteiger partial charge in [-0.3, -0.25) is 4.79 Å². The van der Waals surface area contributed by atoms with E-state index in [9.17, 15) is 4.79 Å². The van der Waals surface area contributed by atoms with Crippen LogP contribution in [0.4, 0.5) is 5.69 Å². The number of nitrogens with one attached hydrogen (secondary N) is 2. The Kier molecular flexibility index (Phi) is 3.80. The fraction of sp³-hybridized carbons (Fsp3) is 0.533. The maximum atomic E-state index is 12.0. The summed E-state index contributed by atoms with van der Waals surface area (Å²) in [4.78, 5) is 12.0. The number of carbonyl (C=O) groups excluding carboxylic acids is 1. The van der Waals surface area contributed by atoms with Gasteiger partial charge in [-0.25, -0.2) is 0 Å². The maximum Gasteiger partial charge on any atom is 0.227 e. The first-order valence-electron chi connectivity index (χ1n) is 7.05. The van der Waals surface area contributed by atoms with Gasteiger partial charge in [-0.05, 0) is 42.5 Å². The SMILES string of the molecule is O=C(CC1CNCCO1)Nc1ccc2c(c1)CCC2. The molecule has 0 saturated carbocycles. The fourth-order valence-electron chi connectivity index (χ4n) is 2.82. The van der Waals surface area contributed by atoms with E-state index in [1.54, 1.807) is 0 Å². The van der Waals surface area contributed by atoms with Crippen molar-refractivity contribution in [3.05, 3.63) is 29.3 Å². The lowest BCUT2D eigenvalue weighted by Crippen LogP contribution is -2.40. The van der Waals surface area contributed by atoms with Gasteiger partial charge in [0.2, 0.25) is 5.91 Å². The van der Waals surface area contributed by atoms with Gasteiger partial charge in [-0.2, -0.15) is 0 Å². The number of morpholine rings is 1. The minimum Gasteiger partial charge on any atom is -0.375 e. The minimum absolute atomic E-state index is 0.00294. The average Bonchev–Trinajstić information content (AvgIpc) is 2.87. The van der Waals surface area contributed by atoms with Crippen LogP contribution in [0.3, 0.4) is 0 Å². The highest BCUT2D eigenvalue weighted by Crippen LogP contribution is 2.25. The molecule has 2 N–H and O–H groups in total. The Morgan fingerprint density at radius 2 is 2.26 bits per heavy atom. The van der Waals surface area contributed by atoms with Crippen molar-refractivity contribution in [1.82, 2.24) is 5.32 Å². The molecule has 1 aromatic rings. The van der Waals surface area contributed by atoms with Crippen LogP contribution in [0.5, 0.6) is 0 Å². The highest BCUT2D eigenvalue weighted by molar-refractivity contribution is 5.91. The van der Waals surface area contributed by atoms with Gasteiger partial charge in [0.1, 0.15) is 0 Å². The summed E-state index contributed by atoms with van der Waals surface area (Å²) in [7, 11) is 0. The summed E-state index contributed by atoms with van der Waals surface area (Å²) in [6, 6.07) is 6.25. The summed E-state index contributed by atoms with van der Waals surface area (Å²) in [6.07, 6.45) is 3.96. The van der Waals surface area contributed by atoms with Crippen LogP contribution >= 0.6 is 0 Å². The van der Waals surface area contributed by atoms with Crippen LogP contribution in [0.25, 0.3) is 0 Å². The molecule has 0 spiro atoms. The number of hydrogen-bond donors (Lipinski definition) is 2. The Labute approximate surface area is 113 Å². The van der Waals surface area contributed by atoms with Crippen molar-refractivity contribution >= 4 is 11.6 Å². The first-order valence-corrected chi connectivity index (χ1v) is 7.05. The number of ether oxygens (including phenoxy) is 1. The van der Waals surface area contributed by atoms with Gasteiger partial charge in [0, 0.05) is 18.8 Å². The second kappa shape index (κ2) is 5.72. The van der Waals surface area contributed by atoms with Crippen molar-refractivity contribution in [2.45, 2.75) is 31.8 Å². The molecule has 0 aromatic heterocycles. The summed E-state index contributed by atoms with van der Waals surface area (Å²) >= 11 is 0. The molecule has 1 aromatic carbocycles. The molecule has 1 amide bonds. The van der Waals surface area contributed by atoms with E-state index < -0.39 is 0 Å². The van der Waals surface area contributed by atoms with Crippen LogP contribution in [0.2, 0.25) is 0 Å². The molecule has 4 nitrogen and oxygen atoms in total. The second-order valence-electron chi connectivity index (χ2n) is 5.29. The molecule has 1 unspecified atom stereocenters. The third-order valence-electron chi connectivity index (χ3n) is 3.80.